The highest BCUT2D eigenvalue weighted by molar-refractivity contribution is 7.13. The number of nitrogens with zero attached hydrogens (tertiary/aromatic N) is 2. The van der Waals surface area contributed by atoms with Crippen molar-refractivity contribution in [2.24, 2.45) is 0 Å². The summed E-state index contributed by atoms with van der Waals surface area (Å²) in [5.74, 6) is -0.679. The Morgan fingerprint density at radius 3 is 2.34 bits per heavy atom. The number of hydrogen-bond donors (Lipinski definition) is 0. The monoisotopic (exact) mass is 404 g/mol. The van der Waals surface area contributed by atoms with Crippen molar-refractivity contribution < 1.29 is 19.1 Å². The second-order valence-corrected chi connectivity index (χ2v) is 6.99. The summed E-state index contributed by atoms with van der Waals surface area (Å²) in [5.41, 5.74) is 2.12. The van der Waals surface area contributed by atoms with Crippen LogP contribution < -0.4 is 4.74 Å². The fourth-order valence-corrected chi connectivity index (χ4v) is 3.45. The van der Waals surface area contributed by atoms with Crippen LogP contribution in [0.1, 0.15) is 20.8 Å². The molecule has 0 aliphatic heterocycles. The number of thiophene rings is 1. The quantitative estimate of drug-likeness (QED) is 0.359. The zero-order valence-electron chi connectivity index (χ0n) is 15.4. The van der Waals surface area contributed by atoms with Gasteiger partial charge in [0.25, 0.3) is 0 Å². The normalized spacial score (nSPS) is 10.5. The Labute approximate surface area is 170 Å². The highest BCUT2D eigenvalue weighted by Gasteiger charge is 2.20. The Kier molecular flexibility index (Phi) is 5.22. The molecule has 0 atom stereocenters. The van der Waals surface area contributed by atoms with Gasteiger partial charge in [-0.05, 0) is 47.8 Å². The van der Waals surface area contributed by atoms with Crippen LogP contribution in [0.5, 0.6) is 5.75 Å². The summed E-state index contributed by atoms with van der Waals surface area (Å²) in [7, 11) is 1.31. The molecule has 0 saturated carbocycles. The van der Waals surface area contributed by atoms with Crippen LogP contribution >= 0.6 is 11.3 Å². The number of methoxy groups -OCH3 is 1. The van der Waals surface area contributed by atoms with E-state index in [1.54, 1.807) is 46.4 Å². The maximum Gasteiger partial charge on any atom is 0.362 e. The van der Waals surface area contributed by atoms with Crippen LogP contribution in [-0.4, -0.2) is 28.8 Å². The molecule has 0 amide bonds. The minimum atomic E-state index is -0.546. The van der Waals surface area contributed by atoms with Crippen LogP contribution in [0.4, 0.5) is 0 Å². The minimum Gasteiger partial charge on any atom is -0.465 e. The van der Waals surface area contributed by atoms with Gasteiger partial charge in [0.1, 0.15) is 11.4 Å². The van der Waals surface area contributed by atoms with Crippen LogP contribution in [0.2, 0.25) is 0 Å². The molecular formula is C22H16N2O4S. The summed E-state index contributed by atoms with van der Waals surface area (Å²) in [6.45, 7) is 0. The van der Waals surface area contributed by atoms with Gasteiger partial charge < -0.3 is 9.47 Å². The molecule has 0 bridgehead atoms. The van der Waals surface area contributed by atoms with Gasteiger partial charge in [0.15, 0.2) is 5.69 Å². The van der Waals surface area contributed by atoms with Gasteiger partial charge in [-0.1, -0.05) is 24.3 Å². The maximum absolute atomic E-state index is 12.9. The molecule has 0 aliphatic rings. The number of ether oxygens (including phenoxy) is 2. The third-order valence-electron chi connectivity index (χ3n) is 4.18. The van der Waals surface area contributed by atoms with E-state index in [4.69, 9.17) is 4.74 Å². The van der Waals surface area contributed by atoms with Crippen molar-refractivity contribution in [1.82, 2.24) is 9.78 Å². The Hall–Kier alpha value is -3.71. The lowest BCUT2D eigenvalue weighted by molar-refractivity contribution is 0.0600. The summed E-state index contributed by atoms with van der Waals surface area (Å²) in [5, 5.41) is 6.56. The van der Waals surface area contributed by atoms with Crippen molar-refractivity contribution in [2.45, 2.75) is 0 Å². The number of aromatic nitrogens is 2. The first-order valence-corrected chi connectivity index (χ1v) is 9.63. The number of carbonyl (C=O) groups excluding carboxylic acids is 2. The van der Waals surface area contributed by atoms with Crippen molar-refractivity contribution in [1.29, 1.82) is 0 Å². The Morgan fingerprint density at radius 2 is 1.69 bits per heavy atom. The van der Waals surface area contributed by atoms with Crippen LogP contribution in [0, 0.1) is 0 Å². The second kappa shape index (κ2) is 8.12. The molecule has 4 aromatic rings. The molecule has 0 spiro atoms. The van der Waals surface area contributed by atoms with Crippen molar-refractivity contribution in [3.05, 3.63) is 89.4 Å². The number of esters is 2. The predicted octanol–water partition coefficient (Wildman–Crippen LogP) is 4.61. The van der Waals surface area contributed by atoms with E-state index in [1.165, 1.54) is 7.11 Å². The molecular weight excluding hydrogens is 388 g/mol. The van der Waals surface area contributed by atoms with E-state index in [-0.39, 0.29) is 0 Å². The number of rotatable bonds is 5. The van der Waals surface area contributed by atoms with Gasteiger partial charge in [-0.25, -0.2) is 14.3 Å². The van der Waals surface area contributed by atoms with Crippen LogP contribution in [0.3, 0.4) is 0 Å². The minimum absolute atomic E-state index is 0.302. The average molecular weight is 404 g/mol. The summed E-state index contributed by atoms with van der Waals surface area (Å²) in [6.07, 6.45) is 0. The van der Waals surface area contributed by atoms with E-state index < -0.39 is 11.9 Å². The fourth-order valence-electron chi connectivity index (χ4n) is 2.77. The van der Waals surface area contributed by atoms with E-state index >= 15 is 0 Å². The molecule has 0 saturated heterocycles. The molecule has 2 aromatic heterocycles. The number of benzene rings is 2. The number of carbonyl (C=O) groups is 2. The van der Waals surface area contributed by atoms with Crippen molar-refractivity contribution in [3.8, 4) is 22.0 Å². The molecule has 0 radical (unpaired) electrons. The standard InChI is InChI=1S/C22H16N2O4S/c1-27-21(25)15-9-11-17(12-10-15)28-22(26)19-14-18(20-8-5-13-29-20)23-24(19)16-6-3-2-4-7-16/h2-14H,1H3. The second-order valence-electron chi connectivity index (χ2n) is 6.04. The summed E-state index contributed by atoms with van der Waals surface area (Å²) < 4.78 is 11.8. The Bertz CT molecular complexity index is 1130. The predicted molar refractivity (Wildman–Crippen MR) is 110 cm³/mol. The Morgan fingerprint density at radius 1 is 0.931 bits per heavy atom. The van der Waals surface area contributed by atoms with E-state index in [0.29, 0.717) is 22.7 Å². The lowest BCUT2D eigenvalue weighted by atomic mass is 10.2. The summed E-state index contributed by atoms with van der Waals surface area (Å²) in [6, 6.07) is 21.2. The number of para-hydroxylation sites is 1. The van der Waals surface area contributed by atoms with Gasteiger partial charge >= 0.3 is 11.9 Å². The van der Waals surface area contributed by atoms with Gasteiger partial charge in [-0.2, -0.15) is 5.10 Å². The molecule has 144 valence electrons. The molecule has 0 N–H and O–H groups in total. The van der Waals surface area contributed by atoms with Crippen LogP contribution in [0.15, 0.2) is 78.2 Å². The van der Waals surface area contributed by atoms with Gasteiger partial charge in [0.05, 0.1) is 23.2 Å². The lowest BCUT2D eigenvalue weighted by Gasteiger charge is -2.08. The first-order valence-electron chi connectivity index (χ1n) is 8.75. The topological polar surface area (TPSA) is 70.4 Å². The van der Waals surface area contributed by atoms with Crippen molar-refractivity contribution >= 4 is 23.3 Å². The largest absolute Gasteiger partial charge is 0.465 e. The first-order chi connectivity index (χ1) is 14.2. The molecule has 4 rings (SSSR count). The fraction of sp³-hybridized carbons (Fsp3) is 0.0455. The highest BCUT2D eigenvalue weighted by Crippen LogP contribution is 2.26. The molecule has 7 heteroatoms. The van der Waals surface area contributed by atoms with Crippen LogP contribution in [0.25, 0.3) is 16.3 Å². The molecule has 6 nitrogen and oxygen atoms in total. The average Bonchev–Trinajstić information content (AvgIpc) is 3.44. The van der Waals surface area contributed by atoms with Gasteiger partial charge in [-0.15, -0.1) is 11.3 Å². The van der Waals surface area contributed by atoms with Gasteiger partial charge in [0.2, 0.25) is 0 Å². The molecule has 2 aromatic carbocycles. The van der Waals surface area contributed by atoms with Crippen molar-refractivity contribution in [3.63, 3.8) is 0 Å². The van der Waals surface area contributed by atoms with Crippen LogP contribution in [-0.2, 0) is 4.74 Å². The molecule has 0 aliphatic carbocycles. The first kappa shape index (κ1) is 18.6. The molecule has 2 heterocycles. The molecule has 0 fully saturated rings. The zero-order chi connectivity index (χ0) is 20.2. The smallest absolute Gasteiger partial charge is 0.362 e. The summed E-state index contributed by atoms with van der Waals surface area (Å²) >= 11 is 1.54. The lowest BCUT2D eigenvalue weighted by Crippen LogP contribution is -2.14. The number of hydrogen-bond acceptors (Lipinski definition) is 6. The van der Waals surface area contributed by atoms with Gasteiger partial charge in [0, 0.05) is 6.07 Å². The molecule has 29 heavy (non-hydrogen) atoms. The Balaban J connectivity index is 1.66. The van der Waals surface area contributed by atoms with Gasteiger partial charge in [-0.3, -0.25) is 0 Å². The highest BCUT2D eigenvalue weighted by atomic mass is 32.1. The SMILES string of the molecule is COC(=O)c1ccc(OC(=O)c2cc(-c3cccs3)nn2-c2ccccc2)cc1. The molecule has 0 unspecified atom stereocenters. The van der Waals surface area contributed by atoms with E-state index in [9.17, 15) is 9.59 Å². The van der Waals surface area contributed by atoms with E-state index in [0.717, 1.165) is 10.6 Å². The summed E-state index contributed by atoms with van der Waals surface area (Å²) in [4.78, 5) is 25.4. The zero-order valence-corrected chi connectivity index (χ0v) is 16.3. The van der Waals surface area contributed by atoms with Crippen molar-refractivity contribution in [2.75, 3.05) is 7.11 Å². The maximum atomic E-state index is 12.9. The third-order valence-corrected chi connectivity index (χ3v) is 5.07. The van der Waals surface area contributed by atoms with E-state index in [2.05, 4.69) is 9.84 Å². The third kappa shape index (κ3) is 3.95. The van der Waals surface area contributed by atoms with E-state index in [1.807, 2.05) is 47.8 Å².